The largest absolute Gasteiger partial charge is 0.352 e. The summed E-state index contributed by atoms with van der Waals surface area (Å²) in [7, 11) is -3.44. The molecule has 3 aromatic rings. The van der Waals surface area contributed by atoms with Gasteiger partial charge in [-0.2, -0.15) is 11.3 Å². The summed E-state index contributed by atoms with van der Waals surface area (Å²) < 4.78 is 24.5. The lowest BCUT2D eigenvalue weighted by Crippen LogP contribution is -2.25. The first-order valence-corrected chi connectivity index (χ1v) is 10.8. The molecular weight excluding hydrogens is 366 g/mol. The smallest absolute Gasteiger partial charge is 0.221 e. The Morgan fingerprint density at radius 3 is 2.42 bits per heavy atom. The Labute approximate surface area is 157 Å². The van der Waals surface area contributed by atoms with Crippen molar-refractivity contribution in [2.45, 2.75) is 17.9 Å². The van der Waals surface area contributed by atoms with E-state index in [0.29, 0.717) is 6.54 Å². The normalized spacial score (nSPS) is 11.2. The topological polar surface area (TPSA) is 63.2 Å². The highest BCUT2D eigenvalue weighted by molar-refractivity contribution is 7.91. The lowest BCUT2D eigenvalue weighted by molar-refractivity contribution is -0.120. The molecule has 26 heavy (non-hydrogen) atoms. The van der Waals surface area contributed by atoms with Gasteiger partial charge in [-0.1, -0.05) is 42.5 Å². The maximum atomic E-state index is 12.2. The van der Waals surface area contributed by atoms with Crippen LogP contribution in [0.3, 0.4) is 0 Å². The van der Waals surface area contributed by atoms with Gasteiger partial charge in [0.05, 0.1) is 10.6 Å². The van der Waals surface area contributed by atoms with Crippen molar-refractivity contribution >= 4 is 27.1 Å². The third kappa shape index (κ3) is 4.59. The van der Waals surface area contributed by atoms with Crippen molar-refractivity contribution in [2.75, 3.05) is 5.75 Å². The molecule has 1 heterocycles. The van der Waals surface area contributed by atoms with Crippen LogP contribution in [0.2, 0.25) is 0 Å². The Balaban J connectivity index is 1.59. The number of amides is 1. The molecule has 0 aliphatic heterocycles. The Kier molecular flexibility index (Phi) is 5.85. The lowest BCUT2D eigenvalue weighted by atomic mass is 10.0. The minimum absolute atomic E-state index is 0.0577. The molecule has 0 radical (unpaired) electrons. The van der Waals surface area contributed by atoms with Gasteiger partial charge in [-0.25, -0.2) is 8.42 Å². The van der Waals surface area contributed by atoms with Gasteiger partial charge in [0.15, 0.2) is 9.84 Å². The predicted octanol–water partition coefficient (Wildman–Crippen LogP) is 3.90. The Bertz CT molecular complexity index is 965. The maximum absolute atomic E-state index is 12.2. The molecule has 0 saturated carbocycles. The van der Waals surface area contributed by atoms with Crippen LogP contribution in [0.25, 0.3) is 11.1 Å². The van der Waals surface area contributed by atoms with Crippen LogP contribution in [0.15, 0.2) is 76.3 Å². The van der Waals surface area contributed by atoms with E-state index < -0.39 is 9.84 Å². The zero-order valence-electron chi connectivity index (χ0n) is 14.1. The zero-order chi connectivity index (χ0) is 18.4. The molecule has 0 saturated heterocycles. The molecule has 134 valence electrons. The first kappa shape index (κ1) is 18.4. The minimum Gasteiger partial charge on any atom is -0.352 e. The number of nitrogens with one attached hydrogen (secondary N) is 1. The molecule has 1 amide bonds. The van der Waals surface area contributed by atoms with Gasteiger partial charge in [0.25, 0.3) is 0 Å². The highest BCUT2D eigenvalue weighted by Crippen LogP contribution is 2.25. The summed E-state index contributed by atoms with van der Waals surface area (Å²) in [5, 5.41) is 6.90. The summed E-state index contributed by atoms with van der Waals surface area (Å²) in [5.41, 5.74) is 3.20. The number of benzene rings is 2. The van der Waals surface area contributed by atoms with Crippen molar-refractivity contribution in [3.63, 3.8) is 0 Å². The van der Waals surface area contributed by atoms with Gasteiger partial charge in [0, 0.05) is 13.0 Å². The van der Waals surface area contributed by atoms with Crippen molar-refractivity contribution < 1.29 is 13.2 Å². The number of carbonyl (C=O) groups excluding carboxylic acids is 1. The van der Waals surface area contributed by atoms with Crippen LogP contribution in [0.1, 0.15) is 12.0 Å². The summed E-state index contributed by atoms with van der Waals surface area (Å²) in [6.45, 7) is 0.371. The van der Waals surface area contributed by atoms with Crippen LogP contribution in [0, 0.1) is 0 Å². The van der Waals surface area contributed by atoms with Gasteiger partial charge in [0.2, 0.25) is 5.91 Å². The lowest BCUT2D eigenvalue weighted by Gasteiger charge is -2.10. The second kappa shape index (κ2) is 8.29. The van der Waals surface area contributed by atoms with E-state index in [9.17, 15) is 13.2 Å². The van der Waals surface area contributed by atoms with E-state index in [1.165, 1.54) is 0 Å². The van der Waals surface area contributed by atoms with Crippen LogP contribution < -0.4 is 5.32 Å². The SMILES string of the molecule is O=C(CCS(=O)(=O)c1ccccc1)NCc1ccccc1-c1ccsc1. The van der Waals surface area contributed by atoms with E-state index in [1.807, 2.05) is 35.7 Å². The number of thiophene rings is 1. The Morgan fingerprint density at radius 2 is 1.69 bits per heavy atom. The fourth-order valence-corrected chi connectivity index (χ4v) is 4.55. The van der Waals surface area contributed by atoms with E-state index in [1.54, 1.807) is 41.7 Å². The number of sulfone groups is 1. The summed E-state index contributed by atoms with van der Waals surface area (Å²) in [4.78, 5) is 12.4. The van der Waals surface area contributed by atoms with Crippen LogP contribution in [0.5, 0.6) is 0 Å². The van der Waals surface area contributed by atoms with E-state index in [0.717, 1.165) is 16.7 Å². The second-order valence-corrected chi connectivity index (χ2v) is 8.72. The molecule has 0 bridgehead atoms. The van der Waals surface area contributed by atoms with E-state index in [-0.39, 0.29) is 23.0 Å². The minimum atomic E-state index is -3.44. The Hall–Kier alpha value is -2.44. The predicted molar refractivity (Wildman–Crippen MR) is 105 cm³/mol. The second-order valence-electron chi connectivity index (χ2n) is 5.83. The van der Waals surface area contributed by atoms with Crippen LogP contribution >= 0.6 is 11.3 Å². The molecule has 0 atom stereocenters. The average molecular weight is 386 g/mol. The van der Waals surface area contributed by atoms with Crippen molar-refractivity contribution in [1.29, 1.82) is 0 Å². The van der Waals surface area contributed by atoms with Crippen molar-refractivity contribution in [2.24, 2.45) is 0 Å². The number of hydrogen-bond acceptors (Lipinski definition) is 4. The third-order valence-corrected chi connectivity index (χ3v) is 6.44. The van der Waals surface area contributed by atoms with Gasteiger partial charge in [-0.05, 0) is 45.6 Å². The first-order valence-electron chi connectivity index (χ1n) is 8.21. The molecule has 0 unspecified atom stereocenters. The molecule has 4 nitrogen and oxygen atoms in total. The van der Waals surface area contributed by atoms with Crippen LogP contribution in [0.4, 0.5) is 0 Å². The highest BCUT2D eigenvalue weighted by atomic mass is 32.2. The van der Waals surface area contributed by atoms with Gasteiger partial charge in [-0.3, -0.25) is 4.79 Å². The van der Waals surface area contributed by atoms with Crippen molar-refractivity contribution in [3.05, 3.63) is 77.0 Å². The summed E-state index contributed by atoms with van der Waals surface area (Å²) >= 11 is 1.62. The quantitative estimate of drug-likeness (QED) is 0.671. The van der Waals surface area contributed by atoms with Crippen molar-refractivity contribution in [3.8, 4) is 11.1 Å². The fourth-order valence-electron chi connectivity index (χ4n) is 2.63. The molecule has 1 N–H and O–H groups in total. The van der Waals surface area contributed by atoms with E-state index in [4.69, 9.17) is 0 Å². The molecule has 3 rings (SSSR count). The number of carbonyl (C=O) groups is 1. The number of rotatable bonds is 7. The molecule has 1 aromatic heterocycles. The van der Waals surface area contributed by atoms with Crippen LogP contribution in [-0.4, -0.2) is 20.1 Å². The maximum Gasteiger partial charge on any atom is 0.221 e. The van der Waals surface area contributed by atoms with E-state index in [2.05, 4.69) is 10.7 Å². The molecule has 0 fully saturated rings. The number of hydrogen-bond donors (Lipinski definition) is 1. The zero-order valence-corrected chi connectivity index (χ0v) is 15.7. The molecule has 0 aliphatic carbocycles. The first-order chi connectivity index (χ1) is 12.6. The van der Waals surface area contributed by atoms with Gasteiger partial charge >= 0.3 is 0 Å². The standard InChI is InChI=1S/C20H19NO3S2/c22-20(11-13-26(23,24)18-7-2-1-3-8-18)21-14-16-6-4-5-9-19(16)17-10-12-25-15-17/h1-10,12,15H,11,13-14H2,(H,21,22). The summed E-state index contributed by atoms with van der Waals surface area (Å²) in [6.07, 6.45) is -0.0577. The van der Waals surface area contributed by atoms with Crippen LogP contribution in [-0.2, 0) is 21.2 Å². The molecule has 6 heteroatoms. The van der Waals surface area contributed by atoms with Gasteiger partial charge in [0.1, 0.15) is 0 Å². The highest BCUT2D eigenvalue weighted by Gasteiger charge is 2.16. The molecule has 0 spiro atoms. The monoisotopic (exact) mass is 385 g/mol. The van der Waals surface area contributed by atoms with E-state index >= 15 is 0 Å². The van der Waals surface area contributed by atoms with Gasteiger partial charge in [-0.15, -0.1) is 0 Å². The molecule has 0 aliphatic rings. The third-order valence-electron chi connectivity index (χ3n) is 4.03. The van der Waals surface area contributed by atoms with Gasteiger partial charge < -0.3 is 5.32 Å². The Morgan fingerprint density at radius 1 is 0.962 bits per heavy atom. The van der Waals surface area contributed by atoms with Crippen molar-refractivity contribution in [1.82, 2.24) is 5.32 Å². The fraction of sp³-hybridized carbons (Fsp3) is 0.150. The summed E-state index contributed by atoms with van der Waals surface area (Å²) in [5.74, 6) is -0.473. The average Bonchev–Trinajstić information content (AvgIpc) is 3.20. The molecule has 2 aromatic carbocycles. The molecular formula is C20H19NO3S2. The summed E-state index contributed by atoms with van der Waals surface area (Å²) in [6, 6.07) is 18.1.